The van der Waals surface area contributed by atoms with Crippen LogP contribution in [-0.2, 0) is 0 Å². The Balaban J connectivity index is 0.00000106. The first-order valence-corrected chi connectivity index (χ1v) is 6.32. The lowest BCUT2D eigenvalue weighted by molar-refractivity contribution is 0.318. The first kappa shape index (κ1) is 15.2. The van der Waals surface area contributed by atoms with Crippen molar-refractivity contribution < 1.29 is 0 Å². The molecule has 0 atom stereocenters. The van der Waals surface area contributed by atoms with E-state index in [4.69, 9.17) is 0 Å². The van der Waals surface area contributed by atoms with Gasteiger partial charge in [-0.15, -0.1) is 0 Å². The molecule has 1 aliphatic rings. The lowest BCUT2D eigenvalue weighted by atomic mass is 10.0. The zero-order valence-corrected chi connectivity index (χ0v) is 11.9. The quantitative estimate of drug-likeness (QED) is 0.724. The third-order valence-electron chi connectivity index (χ3n) is 2.71. The molecule has 0 aromatic rings. The van der Waals surface area contributed by atoms with Gasteiger partial charge >= 0.3 is 0 Å². The second-order valence-electron chi connectivity index (χ2n) is 4.40. The van der Waals surface area contributed by atoms with Crippen LogP contribution in [0, 0.1) is 0 Å². The molecule has 1 aliphatic carbocycles. The number of allylic oxidation sites excluding steroid dienone is 4. The summed E-state index contributed by atoms with van der Waals surface area (Å²) in [5, 5.41) is 0. The van der Waals surface area contributed by atoms with Gasteiger partial charge in [0.25, 0.3) is 0 Å². The fraction of sp³-hybridized carbons (Fsp3) is 0.714. The minimum atomic E-state index is 1.12. The molecule has 0 amide bonds. The topological polar surface area (TPSA) is 6.48 Å². The number of hydrogen-bond donors (Lipinski definition) is 0. The number of nitrogens with zero attached hydrogens (tertiary/aromatic N) is 2. The average Bonchev–Trinajstić information content (AvgIpc) is 2.29. The van der Waals surface area contributed by atoms with Crippen LogP contribution in [0.4, 0.5) is 0 Å². The molecule has 0 unspecified atom stereocenters. The maximum absolute atomic E-state index is 2.36. The Bertz CT molecular complexity index is 239. The van der Waals surface area contributed by atoms with Gasteiger partial charge < -0.3 is 9.80 Å². The van der Waals surface area contributed by atoms with Crippen molar-refractivity contribution in [1.29, 1.82) is 0 Å². The minimum Gasteiger partial charge on any atom is -0.377 e. The highest BCUT2D eigenvalue weighted by atomic mass is 15.2. The fourth-order valence-corrected chi connectivity index (χ4v) is 1.54. The van der Waals surface area contributed by atoms with Gasteiger partial charge in [0.1, 0.15) is 0 Å². The highest BCUT2D eigenvalue weighted by Gasteiger charge is 2.07. The van der Waals surface area contributed by atoms with Crippen molar-refractivity contribution in [2.24, 2.45) is 0 Å². The molecule has 0 aliphatic heterocycles. The minimum absolute atomic E-state index is 1.12. The smallest absolute Gasteiger partial charge is 0.0299 e. The average molecular weight is 224 g/mol. The second-order valence-corrected chi connectivity index (χ2v) is 4.40. The van der Waals surface area contributed by atoms with E-state index in [1.807, 2.05) is 13.8 Å². The van der Waals surface area contributed by atoms with Crippen molar-refractivity contribution in [3.05, 3.63) is 23.4 Å². The zero-order chi connectivity index (χ0) is 12.6. The molecule has 2 nitrogen and oxygen atoms in total. The molecule has 0 radical (unpaired) electrons. The Morgan fingerprint density at radius 1 is 1.00 bits per heavy atom. The summed E-state index contributed by atoms with van der Waals surface area (Å²) in [5.74, 6) is 0. The molecular weight excluding hydrogens is 196 g/mol. The monoisotopic (exact) mass is 224 g/mol. The van der Waals surface area contributed by atoms with E-state index >= 15 is 0 Å². The molecule has 0 fully saturated rings. The molecule has 16 heavy (non-hydrogen) atoms. The highest BCUT2D eigenvalue weighted by Crippen LogP contribution is 2.19. The van der Waals surface area contributed by atoms with E-state index in [1.54, 1.807) is 0 Å². The first-order chi connectivity index (χ1) is 7.59. The van der Waals surface area contributed by atoms with Gasteiger partial charge in [-0.1, -0.05) is 25.5 Å². The third kappa shape index (κ3) is 5.96. The summed E-state index contributed by atoms with van der Waals surface area (Å²) in [6, 6.07) is 0. The van der Waals surface area contributed by atoms with Crippen LogP contribution in [0.25, 0.3) is 0 Å². The Morgan fingerprint density at radius 3 is 2.06 bits per heavy atom. The molecule has 0 aromatic heterocycles. The molecule has 0 N–H and O–H groups in total. The molecule has 1 rings (SSSR count). The maximum Gasteiger partial charge on any atom is 0.0299 e. The second kappa shape index (κ2) is 8.40. The highest BCUT2D eigenvalue weighted by molar-refractivity contribution is 5.21. The Kier molecular flexibility index (Phi) is 8.00. The van der Waals surface area contributed by atoms with Crippen molar-refractivity contribution in [2.75, 3.05) is 34.2 Å². The summed E-state index contributed by atoms with van der Waals surface area (Å²) < 4.78 is 0. The van der Waals surface area contributed by atoms with Crippen LogP contribution in [-0.4, -0.2) is 44.0 Å². The largest absolute Gasteiger partial charge is 0.377 e. The normalized spacial score (nSPS) is 14.9. The van der Waals surface area contributed by atoms with Gasteiger partial charge in [0.15, 0.2) is 0 Å². The van der Waals surface area contributed by atoms with E-state index in [2.05, 4.69) is 50.0 Å². The number of likely N-dealkylation sites (N-methyl/N-ethyl adjacent to an activating group) is 2. The lowest BCUT2D eigenvalue weighted by Crippen LogP contribution is -2.28. The fourth-order valence-electron chi connectivity index (χ4n) is 1.54. The van der Waals surface area contributed by atoms with E-state index in [1.165, 1.54) is 24.1 Å². The van der Waals surface area contributed by atoms with E-state index in [0.717, 1.165) is 13.1 Å². The van der Waals surface area contributed by atoms with Crippen LogP contribution in [0.2, 0.25) is 0 Å². The Morgan fingerprint density at radius 2 is 1.62 bits per heavy atom. The Hall–Kier alpha value is -0.760. The van der Waals surface area contributed by atoms with E-state index in [-0.39, 0.29) is 0 Å². The maximum atomic E-state index is 2.36. The third-order valence-corrected chi connectivity index (χ3v) is 2.71. The van der Waals surface area contributed by atoms with Crippen molar-refractivity contribution in [2.45, 2.75) is 33.6 Å². The summed E-state index contributed by atoms with van der Waals surface area (Å²) in [6.45, 7) is 8.44. The summed E-state index contributed by atoms with van der Waals surface area (Å²) in [5.41, 5.74) is 2.97. The van der Waals surface area contributed by atoms with Gasteiger partial charge in [0, 0.05) is 25.8 Å². The van der Waals surface area contributed by atoms with Crippen molar-refractivity contribution in [3.63, 3.8) is 0 Å². The molecule has 0 bridgehead atoms. The first-order valence-electron chi connectivity index (χ1n) is 6.32. The van der Waals surface area contributed by atoms with Crippen LogP contribution in [0.5, 0.6) is 0 Å². The number of hydrogen-bond acceptors (Lipinski definition) is 2. The van der Waals surface area contributed by atoms with Gasteiger partial charge in [0.2, 0.25) is 0 Å². The zero-order valence-electron chi connectivity index (χ0n) is 11.9. The predicted octanol–water partition coefficient (Wildman–Crippen LogP) is 3.13. The van der Waals surface area contributed by atoms with E-state index < -0.39 is 0 Å². The molecule has 0 spiro atoms. The molecular formula is C14H28N2. The van der Waals surface area contributed by atoms with Crippen molar-refractivity contribution in [1.82, 2.24) is 9.80 Å². The molecule has 0 heterocycles. The molecule has 94 valence electrons. The summed E-state index contributed by atoms with van der Waals surface area (Å²) in [4.78, 5) is 4.59. The van der Waals surface area contributed by atoms with Crippen LogP contribution in [0.15, 0.2) is 23.4 Å². The standard InChI is InChI=1S/C12H22N2.C2H6/c1-11-5-7-12(8-6-11)14(4)10-9-13(2)3;1-2/h5,7H,6,8-10H2,1-4H3;1-2H3. The van der Waals surface area contributed by atoms with Crippen molar-refractivity contribution >= 4 is 0 Å². The lowest BCUT2D eigenvalue weighted by Gasteiger charge is -2.26. The summed E-state index contributed by atoms with van der Waals surface area (Å²) in [7, 11) is 6.42. The van der Waals surface area contributed by atoms with Gasteiger partial charge in [-0.2, -0.15) is 0 Å². The summed E-state index contributed by atoms with van der Waals surface area (Å²) in [6.07, 6.45) is 6.92. The summed E-state index contributed by atoms with van der Waals surface area (Å²) >= 11 is 0. The van der Waals surface area contributed by atoms with E-state index in [9.17, 15) is 0 Å². The van der Waals surface area contributed by atoms with Crippen molar-refractivity contribution in [3.8, 4) is 0 Å². The number of rotatable bonds is 4. The van der Waals surface area contributed by atoms with E-state index in [0.29, 0.717) is 0 Å². The van der Waals surface area contributed by atoms with Crippen LogP contribution in [0.1, 0.15) is 33.6 Å². The SMILES string of the molecule is CC.CC1=CC=C(N(C)CCN(C)C)CC1. The Labute approximate surface area is 102 Å². The van der Waals surface area contributed by atoms with Crippen LogP contribution in [0.3, 0.4) is 0 Å². The van der Waals surface area contributed by atoms with Gasteiger partial charge in [-0.3, -0.25) is 0 Å². The van der Waals surface area contributed by atoms with Crippen LogP contribution >= 0.6 is 0 Å². The molecule has 0 aromatic carbocycles. The van der Waals surface area contributed by atoms with Gasteiger partial charge in [-0.05, 0) is 39.9 Å². The molecule has 0 saturated heterocycles. The van der Waals surface area contributed by atoms with Gasteiger partial charge in [-0.25, -0.2) is 0 Å². The predicted molar refractivity (Wildman–Crippen MR) is 73.6 cm³/mol. The molecule has 0 saturated carbocycles. The van der Waals surface area contributed by atoms with Gasteiger partial charge in [0.05, 0.1) is 0 Å². The van der Waals surface area contributed by atoms with Crippen LogP contribution < -0.4 is 0 Å². The molecule has 2 heteroatoms.